The van der Waals surface area contributed by atoms with Gasteiger partial charge in [0.25, 0.3) is 0 Å². The number of ketones is 1. The molecule has 2 aromatic rings. The largest absolute Gasteiger partial charge is 0.469 e. The van der Waals surface area contributed by atoms with Crippen LogP contribution in [-0.2, 0) is 0 Å². The van der Waals surface area contributed by atoms with Gasteiger partial charge < -0.3 is 4.42 Å². The molecule has 2 heterocycles. The molecule has 0 bridgehead atoms. The van der Waals surface area contributed by atoms with Gasteiger partial charge in [-0.15, -0.1) is 11.3 Å². The van der Waals surface area contributed by atoms with Gasteiger partial charge in [-0.2, -0.15) is 0 Å². The van der Waals surface area contributed by atoms with E-state index in [-0.39, 0.29) is 5.78 Å². The number of hydrogen-bond acceptors (Lipinski definition) is 3. The molecule has 0 aromatic carbocycles. The lowest BCUT2D eigenvalue weighted by Gasteiger charge is -1.96. The van der Waals surface area contributed by atoms with E-state index in [9.17, 15) is 4.79 Å². The zero-order chi connectivity index (χ0) is 11.0. The van der Waals surface area contributed by atoms with Gasteiger partial charge in [0.05, 0.1) is 19.4 Å². The third-order valence-electron chi connectivity index (χ3n) is 2.00. The molecule has 0 unspecified atom stereocenters. The number of rotatable bonds is 2. The van der Waals surface area contributed by atoms with E-state index in [1.165, 1.54) is 17.6 Å². The zero-order valence-electron chi connectivity index (χ0n) is 7.71. The van der Waals surface area contributed by atoms with Crippen molar-refractivity contribution in [3.63, 3.8) is 0 Å². The molecule has 0 aliphatic rings. The van der Waals surface area contributed by atoms with E-state index in [1.54, 1.807) is 13.0 Å². The smallest absolute Gasteiger partial charge is 0.198 e. The second-order valence-corrected chi connectivity index (χ2v) is 6.71. The van der Waals surface area contributed by atoms with Crippen molar-refractivity contribution in [1.29, 1.82) is 0 Å². The highest BCUT2D eigenvalue weighted by atomic mass is 79.9. The molecule has 0 saturated heterocycles. The van der Waals surface area contributed by atoms with Gasteiger partial charge in [-0.05, 0) is 50.9 Å². The van der Waals surface area contributed by atoms with Gasteiger partial charge >= 0.3 is 0 Å². The van der Waals surface area contributed by atoms with Crippen molar-refractivity contribution in [3.05, 3.63) is 42.9 Å². The van der Waals surface area contributed by atoms with Gasteiger partial charge in [-0.1, -0.05) is 0 Å². The van der Waals surface area contributed by atoms with Crippen molar-refractivity contribution in [1.82, 2.24) is 0 Å². The highest BCUT2D eigenvalue weighted by Crippen LogP contribution is 2.33. The first-order valence-corrected chi connectivity index (χ1v) is 6.53. The molecule has 78 valence electrons. The summed E-state index contributed by atoms with van der Waals surface area (Å²) in [7, 11) is 0. The van der Waals surface area contributed by atoms with Crippen molar-refractivity contribution >= 4 is 49.0 Å². The van der Waals surface area contributed by atoms with Crippen LogP contribution in [0.3, 0.4) is 0 Å². The summed E-state index contributed by atoms with van der Waals surface area (Å²) in [6, 6.07) is 3.50. The average Bonchev–Trinajstić information content (AvgIpc) is 2.71. The van der Waals surface area contributed by atoms with Gasteiger partial charge in [0, 0.05) is 5.56 Å². The van der Waals surface area contributed by atoms with Crippen molar-refractivity contribution in [2.75, 3.05) is 0 Å². The first kappa shape index (κ1) is 11.1. The first-order chi connectivity index (χ1) is 7.09. The van der Waals surface area contributed by atoms with Crippen LogP contribution in [0.25, 0.3) is 0 Å². The third kappa shape index (κ3) is 2.09. The minimum Gasteiger partial charge on any atom is -0.469 e. The fourth-order valence-electron chi connectivity index (χ4n) is 1.26. The molecule has 0 N–H and O–H groups in total. The van der Waals surface area contributed by atoms with E-state index in [0.717, 1.165) is 7.57 Å². The summed E-state index contributed by atoms with van der Waals surface area (Å²) in [4.78, 5) is 12.1. The Morgan fingerprint density at radius 1 is 1.40 bits per heavy atom. The van der Waals surface area contributed by atoms with Gasteiger partial charge in [0.2, 0.25) is 0 Å². The predicted molar refractivity (Wildman–Crippen MR) is 66.6 cm³/mol. The van der Waals surface area contributed by atoms with Crippen molar-refractivity contribution < 1.29 is 9.21 Å². The minimum absolute atomic E-state index is 0.0184. The lowest BCUT2D eigenvalue weighted by Crippen LogP contribution is -2.00. The van der Waals surface area contributed by atoms with E-state index in [0.29, 0.717) is 16.9 Å². The molecule has 0 fully saturated rings. The number of furan rings is 1. The molecule has 2 rings (SSSR count). The summed E-state index contributed by atoms with van der Waals surface area (Å²) in [5.74, 6) is 0.629. The molecule has 0 aliphatic carbocycles. The summed E-state index contributed by atoms with van der Waals surface area (Å²) in [5, 5.41) is 0. The van der Waals surface area contributed by atoms with Crippen molar-refractivity contribution in [2.45, 2.75) is 6.92 Å². The van der Waals surface area contributed by atoms with Gasteiger partial charge in [0.15, 0.2) is 5.78 Å². The molecule has 0 amide bonds. The topological polar surface area (TPSA) is 30.2 Å². The molecule has 2 aromatic heterocycles. The number of hydrogen-bond donors (Lipinski definition) is 0. The first-order valence-electron chi connectivity index (χ1n) is 4.13. The Morgan fingerprint density at radius 2 is 2.13 bits per heavy atom. The van der Waals surface area contributed by atoms with Crippen LogP contribution in [0.4, 0.5) is 0 Å². The van der Waals surface area contributed by atoms with E-state index in [1.807, 2.05) is 6.07 Å². The highest BCUT2D eigenvalue weighted by molar-refractivity contribution is 9.12. The number of halogens is 2. The molecule has 15 heavy (non-hydrogen) atoms. The summed E-state index contributed by atoms with van der Waals surface area (Å²) in [6.07, 6.45) is 1.53. The molecule has 0 aliphatic heterocycles. The van der Waals surface area contributed by atoms with E-state index in [2.05, 4.69) is 31.9 Å². The van der Waals surface area contributed by atoms with Crippen LogP contribution < -0.4 is 0 Å². The normalized spacial score (nSPS) is 10.6. The van der Waals surface area contributed by atoms with Crippen LogP contribution in [0.15, 0.2) is 30.4 Å². The zero-order valence-corrected chi connectivity index (χ0v) is 11.7. The molecule has 0 saturated carbocycles. The third-order valence-corrected chi connectivity index (χ3v) is 4.34. The number of thiophene rings is 1. The van der Waals surface area contributed by atoms with E-state index in [4.69, 9.17) is 4.42 Å². The Balaban J connectivity index is 2.45. The number of carbonyl (C=O) groups excluding carboxylic acids is 1. The second kappa shape index (κ2) is 4.23. The summed E-state index contributed by atoms with van der Waals surface area (Å²) >= 11 is 8.19. The number of carbonyl (C=O) groups is 1. The fourth-order valence-corrected chi connectivity index (χ4v) is 4.05. The average molecular weight is 350 g/mol. The van der Waals surface area contributed by atoms with Crippen molar-refractivity contribution in [3.8, 4) is 0 Å². The fraction of sp³-hybridized carbons (Fsp3) is 0.100. The summed E-state index contributed by atoms with van der Waals surface area (Å²) in [6.45, 7) is 1.78. The SMILES string of the molecule is Cc1occc1C(=O)c1cc(Br)sc1Br. The number of aryl methyl sites for hydroxylation is 1. The molecule has 2 nitrogen and oxygen atoms in total. The second-order valence-electron chi connectivity index (χ2n) is 2.96. The molecular weight excluding hydrogens is 344 g/mol. The molecule has 0 atom stereocenters. The van der Waals surface area contributed by atoms with Gasteiger partial charge in [-0.25, -0.2) is 0 Å². The van der Waals surface area contributed by atoms with Crippen LogP contribution in [-0.4, -0.2) is 5.78 Å². The maximum atomic E-state index is 12.1. The van der Waals surface area contributed by atoms with Gasteiger partial charge in [-0.3, -0.25) is 4.79 Å². The Labute approximate surface area is 108 Å². The monoisotopic (exact) mass is 348 g/mol. The lowest BCUT2D eigenvalue weighted by molar-refractivity contribution is 0.103. The highest BCUT2D eigenvalue weighted by Gasteiger charge is 2.18. The van der Waals surface area contributed by atoms with Crippen LogP contribution in [0.5, 0.6) is 0 Å². The maximum Gasteiger partial charge on any atom is 0.198 e. The van der Waals surface area contributed by atoms with Crippen LogP contribution >= 0.6 is 43.2 Å². The summed E-state index contributed by atoms with van der Waals surface area (Å²) in [5.41, 5.74) is 1.28. The standard InChI is InChI=1S/C10H6Br2O2S/c1-5-6(2-3-14-5)9(13)7-4-8(11)15-10(7)12/h2-4H,1H3. The Bertz CT molecular complexity index is 513. The minimum atomic E-state index is -0.0184. The van der Waals surface area contributed by atoms with Crippen LogP contribution in [0.1, 0.15) is 21.7 Å². The van der Waals surface area contributed by atoms with Crippen molar-refractivity contribution in [2.24, 2.45) is 0 Å². The molecule has 0 spiro atoms. The summed E-state index contributed by atoms with van der Waals surface area (Å²) < 4.78 is 6.87. The Hall–Kier alpha value is -0.390. The quantitative estimate of drug-likeness (QED) is 0.752. The maximum absolute atomic E-state index is 12.1. The molecule has 0 radical (unpaired) electrons. The predicted octanol–water partition coefficient (Wildman–Crippen LogP) is 4.41. The molecule has 5 heteroatoms. The Morgan fingerprint density at radius 3 is 2.60 bits per heavy atom. The Kier molecular flexibility index (Phi) is 3.13. The van der Waals surface area contributed by atoms with Gasteiger partial charge in [0.1, 0.15) is 5.76 Å². The van der Waals surface area contributed by atoms with E-state index < -0.39 is 0 Å². The molecular formula is C10H6Br2O2S. The van der Waals surface area contributed by atoms with Crippen LogP contribution in [0.2, 0.25) is 0 Å². The lowest BCUT2D eigenvalue weighted by atomic mass is 10.1. The van der Waals surface area contributed by atoms with E-state index >= 15 is 0 Å². The van der Waals surface area contributed by atoms with Crippen LogP contribution in [0, 0.1) is 6.92 Å².